The largest absolute Gasteiger partial charge is 0.496 e. The summed E-state index contributed by atoms with van der Waals surface area (Å²) in [5, 5.41) is 3.43. The highest BCUT2D eigenvalue weighted by Gasteiger charge is 2.34. The van der Waals surface area contributed by atoms with Gasteiger partial charge in [0.05, 0.1) is 22.7 Å². The molecule has 26 heavy (non-hydrogen) atoms. The van der Waals surface area contributed by atoms with Gasteiger partial charge >= 0.3 is 0 Å². The zero-order chi connectivity index (χ0) is 18.7. The van der Waals surface area contributed by atoms with E-state index in [2.05, 4.69) is 28.2 Å². The zero-order valence-electron chi connectivity index (χ0n) is 14.8. The lowest BCUT2D eigenvalue weighted by Crippen LogP contribution is -2.32. The number of nitrogens with one attached hydrogen (secondary N) is 1. The molecule has 2 aromatic carbocycles. The summed E-state index contributed by atoms with van der Waals surface area (Å²) < 4.78 is 6.16. The highest BCUT2D eigenvalue weighted by Crippen LogP contribution is 2.28. The summed E-state index contributed by atoms with van der Waals surface area (Å²) in [7, 11) is 1.64. The van der Waals surface area contributed by atoms with Crippen LogP contribution in [0.2, 0.25) is 0 Å². The van der Waals surface area contributed by atoms with Crippen LogP contribution >= 0.6 is 15.9 Å². The highest BCUT2D eigenvalue weighted by molar-refractivity contribution is 9.10. The molecule has 1 heterocycles. The third-order valence-corrected chi connectivity index (χ3v) is 5.18. The number of rotatable bonds is 7. The van der Waals surface area contributed by atoms with Crippen LogP contribution in [0.5, 0.6) is 5.75 Å². The molecule has 0 aliphatic carbocycles. The number of fused-ring (bicyclic) bond motifs is 1. The van der Waals surface area contributed by atoms with E-state index in [0.29, 0.717) is 30.6 Å². The second kappa shape index (κ2) is 8.01. The average Bonchev–Trinajstić information content (AvgIpc) is 2.90. The lowest BCUT2D eigenvalue weighted by atomic mass is 10.1. The van der Waals surface area contributed by atoms with E-state index in [4.69, 9.17) is 4.74 Å². The van der Waals surface area contributed by atoms with Crippen LogP contribution in [0.3, 0.4) is 0 Å². The predicted octanol–water partition coefficient (Wildman–Crippen LogP) is 3.79. The molecule has 2 amide bonds. The quantitative estimate of drug-likeness (QED) is 0.550. The van der Waals surface area contributed by atoms with Crippen LogP contribution in [0.25, 0.3) is 0 Å². The monoisotopic (exact) mass is 416 g/mol. The van der Waals surface area contributed by atoms with Gasteiger partial charge in [0.15, 0.2) is 0 Å². The fraction of sp³-hybridized carbons (Fsp3) is 0.300. The molecular formula is C20H21BrN2O3. The molecule has 6 heteroatoms. The van der Waals surface area contributed by atoms with Crippen molar-refractivity contribution in [2.24, 2.45) is 0 Å². The third-order valence-electron chi connectivity index (χ3n) is 4.56. The number of halogens is 1. The normalized spacial score (nSPS) is 14.5. The first-order valence-corrected chi connectivity index (χ1v) is 9.34. The van der Waals surface area contributed by atoms with Gasteiger partial charge in [-0.3, -0.25) is 14.5 Å². The van der Waals surface area contributed by atoms with Crippen molar-refractivity contribution in [3.8, 4) is 5.75 Å². The van der Waals surface area contributed by atoms with Gasteiger partial charge in [0.25, 0.3) is 11.8 Å². The Labute approximate surface area is 161 Å². The Balaban J connectivity index is 1.51. The third kappa shape index (κ3) is 3.66. The van der Waals surface area contributed by atoms with Gasteiger partial charge in [-0.1, -0.05) is 18.2 Å². The second-order valence-electron chi connectivity index (χ2n) is 6.23. The number of imide groups is 1. The Morgan fingerprint density at radius 3 is 2.35 bits per heavy atom. The molecule has 2 aromatic rings. The molecule has 1 aliphatic heterocycles. The summed E-state index contributed by atoms with van der Waals surface area (Å²) in [4.78, 5) is 26.0. The van der Waals surface area contributed by atoms with Crippen molar-refractivity contribution in [3.63, 3.8) is 0 Å². The van der Waals surface area contributed by atoms with Crippen LogP contribution in [0.4, 0.5) is 0 Å². The van der Waals surface area contributed by atoms with Gasteiger partial charge in [0.1, 0.15) is 5.75 Å². The molecule has 0 saturated heterocycles. The number of carbonyl (C=O) groups excluding carboxylic acids is 2. The van der Waals surface area contributed by atoms with Gasteiger partial charge in [0.2, 0.25) is 0 Å². The maximum Gasteiger partial charge on any atom is 0.261 e. The maximum absolute atomic E-state index is 12.3. The number of ether oxygens (including phenoxy) is 1. The minimum absolute atomic E-state index is 0.152. The van der Waals surface area contributed by atoms with E-state index in [9.17, 15) is 9.59 Å². The SMILES string of the molecule is COc1ccc(C(C)NCCCN2C(=O)c3ccccc3C2=O)cc1Br. The minimum atomic E-state index is -0.197. The van der Waals surface area contributed by atoms with Gasteiger partial charge in [-0.25, -0.2) is 0 Å². The molecule has 0 bridgehead atoms. The summed E-state index contributed by atoms with van der Waals surface area (Å²) in [6.07, 6.45) is 0.702. The van der Waals surface area contributed by atoms with Crippen molar-refractivity contribution in [2.75, 3.05) is 20.2 Å². The molecular weight excluding hydrogens is 396 g/mol. The second-order valence-corrected chi connectivity index (χ2v) is 7.09. The van der Waals surface area contributed by atoms with Crippen molar-refractivity contribution in [3.05, 3.63) is 63.6 Å². The van der Waals surface area contributed by atoms with Gasteiger partial charge < -0.3 is 10.1 Å². The molecule has 0 radical (unpaired) electrons. The predicted molar refractivity (Wildman–Crippen MR) is 104 cm³/mol. The Kier molecular flexibility index (Phi) is 5.74. The van der Waals surface area contributed by atoms with Gasteiger partial charge in [-0.05, 0) is 65.6 Å². The fourth-order valence-corrected chi connectivity index (χ4v) is 3.63. The van der Waals surface area contributed by atoms with E-state index in [0.717, 1.165) is 15.8 Å². The van der Waals surface area contributed by atoms with E-state index in [1.807, 2.05) is 18.2 Å². The molecule has 0 spiro atoms. The lowest BCUT2D eigenvalue weighted by molar-refractivity contribution is 0.0652. The number of benzene rings is 2. The van der Waals surface area contributed by atoms with Crippen molar-refractivity contribution < 1.29 is 14.3 Å². The number of methoxy groups -OCH3 is 1. The summed E-state index contributed by atoms with van der Waals surface area (Å²) in [5.74, 6) is 0.405. The summed E-state index contributed by atoms with van der Waals surface area (Å²) in [5.41, 5.74) is 2.14. The van der Waals surface area contributed by atoms with E-state index < -0.39 is 0 Å². The number of amides is 2. The molecule has 1 N–H and O–H groups in total. The smallest absolute Gasteiger partial charge is 0.261 e. The molecule has 5 nitrogen and oxygen atoms in total. The van der Waals surface area contributed by atoms with E-state index in [1.54, 1.807) is 31.4 Å². The first kappa shape index (κ1) is 18.6. The van der Waals surface area contributed by atoms with Gasteiger partial charge in [0, 0.05) is 12.6 Å². The summed E-state index contributed by atoms with van der Waals surface area (Å²) in [6.45, 7) is 3.20. The number of nitrogens with zero attached hydrogens (tertiary/aromatic N) is 1. The van der Waals surface area contributed by atoms with Gasteiger partial charge in [-0.2, -0.15) is 0 Å². The number of carbonyl (C=O) groups is 2. The summed E-state index contributed by atoms with van der Waals surface area (Å²) >= 11 is 3.50. The van der Waals surface area contributed by atoms with Crippen molar-refractivity contribution in [2.45, 2.75) is 19.4 Å². The molecule has 1 atom stereocenters. The van der Waals surface area contributed by atoms with E-state index in [1.165, 1.54) is 4.90 Å². The van der Waals surface area contributed by atoms with Crippen LogP contribution in [-0.4, -0.2) is 36.9 Å². The van der Waals surface area contributed by atoms with Crippen LogP contribution in [0.15, 0.2) is 46.9 Å². The molecule has 1 aliphatic rings. The Hall–Kier alpha value is -2.18. The lowest BCUT2D eigenvalue weighted by Gasteiger charge is -2.17. The number of hydrogen-bond acceptors (Lipinski definition) is 4. The Bertz CT molecular complexity index is 803. The van der Waals surface area contributed by atoms with Crippen LogP contribution in [-0.2, 0) is 0 Å². The Morgan fingerprint density at radius 1 is 1.12 bits per heavy atom. The van der Waals surface area contributed by atoms with Gasteiger partial charge in [-0.15, -0.1) is 0 Å². The highest BCUT2D eigenvalue weighted by atomic mass is 79.9. The molecule has 3 rings (SSSR count). The minimum Gasteiger partial charge on any atom is -0.496 e. The van der Waals surface area contributed by atoms with Crippen LogP contribution in [0, 0.1) is 0 Å². The first-order chi connectivity index (χ1) is 12.5. The first-order valence-electron chi connectivity index (χ1n) is 8.55. The zero-order valence-corrected chi connectivity index (χ0v) is 16.4. The molecule has 0 saturated carbocycles. The molecule has 1 unspecified atom stereocenters. The molecule has 136 valence electrons. The summed E-state index contributed by atoms with van der Waals surface area (Å²) in [6, 6.07) is 13.1. The standard InChI is InChI=1S/C20H21BrN2O3/c1-13(14-8-9-18(26-2)17(21)12-14)22-10-5-11-23-19(24)15-6-3-4-7-16(15)20(23)25/h3-4,6-9,12-13,22H,5,10-11H2,1-2H3. The molecule has 0 fully saturated rings. The van der Waals surface area contributed by atoms with Crippen LogP contribution < -0.4 is 10.1 Å². The van der Waals surface area contributed by atoms with Crippen molar-refractivity contribution >= 4 is 27.7 Å². The maximum atomic E-state index is 12.3. The fourth-order valence-electron chi connectivity index (χ4n) is 3.07. The van der Waals surface area contributed by atoms with Crippen molar-refractivity contribution in [1.29, 1.82) is 0 Å². The number of hydrogen-bond donors (Lipinski definition) is 1. The molecule has 0 aromatic heterocycles. The van der Waals surface area contributed by atoms with Crippen LogP contribution in [0.1, 0.15) is 45.7 Å². The topological polar surface area (TPSA) is 58.6 Å². The Morgan fingerprint density at radius 2 is 1.77 bits per heavy atom. The van der Waals surface area contributed by atoms with E-state index in [-0.39, 0.29) is 17.9 Å². The van der Waals surface area contributed by atoms with E-state index >= 15 is 0 Å². The van der Waals surface area contributed by atoms with Crippen molar-refractivity contribution in [1.82, 2.24) is 10.2 Å². The average molecular weight is 417 g/mol.